The first-order chi connectivity index (χ1) is 9.58. The molecule has 6 heteroatoms. The largest absolute Gasteiger partial charge is 0.337 e. The van der Waals surface area contributed by atoms with E-state index in [0.717, 1.165) is 23.0 Å². The number of nitrogens with one attached hydrogen (secondary N) is 1. The van der Waals surface area contributed by atoms with Crippen LogP contribution in [0.5, 0.6) is 0 Å². The molecule has 1 saturated heterocycles. The molecule has 0 radical (unpaired) electrons. The van der Waals surface area contributed by atoms with E-state index in [-0.39, 0.29) is 5.54 Å². The number of hydrogen-bond donors (Lipinski definition) is 1. The van der Waals surface area contributed by atoms with Crippen molar-refractivity contribution in [3.8, 4) is 11.4 Å². The van der Waals surface area contributed by atoms with Crippen LogP contribution >= 0.6 is 27.5 Å². The van der Waals surface area contributed by atoms with Gasteiger partial charge in [0.25, 0.3) is 0 Å². The molecule has 1 aromatic heterocycles. The Hall–Kier alpha value is -0.910. The molecule has 1 atom stereocenters. The van der Waals surface area contributed by atoms with Gasteiger partial charge in [0.1, 0.15) is 0 Å². The van der Waals surface area contributed by atoms with Gasteiger partial charge in [-0.1, -0.05) is 16.8 Å². The van der Waals surface area contributed by atoms with E-state index in [1.165, 1.54) is 12.8 Å². The Morgan fingerprint density at radius 1 is 1.40 bits per heavy atom. The second kappa shape index (κ2) is 5.47. The first-order valence-corrected chi connectivity index (χ1v) is 7.80. The van der Waals surface area contributed by atoms with Crippen molar-refractivity contribution in [1.29, 1.82) is 0 Å². The molecule has 0 saturated carbocycles. The Kier molecular flexibility index (Phi) is 3.84. The normalized spacial score (nSPS) is 22.9. The van der Waals surface area contributed by atoms with Crippen LogP contribution in [0.25, 0.3) is 11.4 Å². The van der Waals surface area contributed by atoms with E-state index in [0.29, 0.717) is 16.7 Å². The van der Waals surface area contributed by atoms with Crippen LogP contribution in [-0.4, -0.2) is 16.7 Å². The van der Waals surface area contributed by atoms with Crippen molar-refractivity contribution in [3.05, 3.63) is 33.6 Å². The number of aromatic nitrogens is 2. The van der Waals surface area contributed by atoms with Gasteiger partial charge in [-0.2, -0.15) is 4.98 Å². The maximum Gasteiger partial charge on any atom is 0.246 e. The van der Waals surface area contributed by atoms with Crippen molar-refractivity contribution >= 4 is 27.5 Å². The zero-order valence-corrected chi connectivity index (χ0v) is 13.5. The van der Waals surface area contributed by atoms with Gasteiger partial charge in [-0.15, -0.1) is 0 Å². The number of rotatable bonds is 2. The summed E-state index contributed by atoms with van der Waals surface area (Å²) in [6.45, 7) is 3.10. The highest BCUT2D eigenvalue weighted by Gasteiger charge is 2.34. The quantitative estimate of drug-likeness (QED) is 0.878. The molecular weight excluding hydrogens is 342 g/mol. The lowest BCUT2D eigenvalue weighted by atomic mass is 9.91. The molecule has 1 aliphatic heterocycles. The molecule has 1 N–H and O–H groups in total. The van der Waals surface area contributed by atoms with Crippen molar-refractivity contribution < 1.29 is 4.52 Å². The van der Waals surface area contributed by atoms with Gasteiger partial charge in [-0.25, -0.2) is 0 Å². The summed E-state index contributed by atoms with van der Waals surface area (Å²) >= 11 is 9.40. The molecule has 20 heavy (non-hydrogen) atoms. The van der Waals surface area contributed by atoms with Crippen LogP contribution < -0.4 is 5.32 Å². The van der Waals surface area contributed by atoms with Gasteiger partial charge in [0, 0.05) is 10.0 Å². The molecule has 106 valence electrons. The molecule has 2 heterocycles. The van der Waals surface area contributed by atoms with Crippen molar-refractivity contribution in [2.24, 2.45) is 0 Å². The van der Waals surface area contributed by atoms with Crippen LogP contribution in [0, 0.1) is 0 Å². The van der Waals surface area contributed by atoms with E-state index < -0.39 is 0 Å². The highest BCUT2D eigenvalue weighted by atomic mass is 79.9. The molecule has 1 aliphatic rings. The molecule has 0 spiro atoms. The fourth-order valence-corrected chi connectivity index (χ4v) is 2.94. The van der Waals surface area contributed by atoms with Crippen LogP contribution in [0.1, 0.15) is 32.1 Å². The van der Waals surface area contributed by atoms with Crippen LogP contribution in [0.3, 0.4) is 0 Å². The second-order valence-corrected chi connectivity index (χ2v) is 6.53. The Morgan fingerprint density at radius 2 is 2.25 bits per heavy atom. The summed E-state index contributed by atoms with van der Waals surface area (Å²) in [5, 5.41) is 8.22. The summed E-state index contributed by atoms with van der Waals surface area (Å²) in [6, 6.07) is 5.60. The summed E-state index contributed by atoms with van der Waals surface area (Å²) < 4.78 is 6.28. The predicted octanol–water partition coefficient (Wildman–Crippen LogP) is 4.14. The van der Waals surface area contributed by atoms with Gasteiger partial charge in [-0.3, -0.25) is 0 Å². The molecule has 3 rings (SSSR count). The van der Waals surface area contributed by atoms with Gasteiger partial charge in [0.05, 0.1) is 10.6 Å². The van der Waals surface area contributed by atoms with Gasteiger partial charge in [-0.05, 0) is 66.9 Å². The summed E-state index contributed by atoms with van der Waals surface area (Å²) in [4.78, 5) is 4.54. The second-order valence-electron chi connectivity index (χ2n) is 5.27. The number of nitrogens with zero attached hydrogens (tertiary/aromatic N) is 2. The third-order valence-corrected chi connectivity index (χ3v) is 4.91. The van der Waals surface area contributed by atoms with Crippen molar-refractivity contribution in [2.45, 2.75) is 31.7 Å². The topological polar surface area (TPSA) is 51.0 Å². The summed E-state index contributed by atoms with van der Waals surface area (Å²) in [7, 11) is 0. The highest BCUT2D eigenvalue weighted by molar-refractivity contribution is 9.10. The van der Waals surface area contributed by atoms with Crippen molar-refractivity contribution in [2.75, 3.05) is 6.54 Å². The molecule has 0 bridgehead atoms. The number of benzene rings is 1. The zero-order chi connectivity index (χ0) is 14.2. The summed E-state index contributed by atoms with van der Waals surface area (Å²) in [5.41, 5.74) is 0.670. The third-order valence-electron chi connectivity index (χ3n) is 3.69. The van der Waals surface area contributed by atoms with Crippen molar-refractivity contribution in [3.63, 3.8) is 0 Å². The van der Waals surface area contributed by atoms with E-state index in [1.807, 2.05) is 18.2 Å². The molecule has 0 aliphatic carbocycles. The molecule has 0 amide bonds. The van der Waals surface area contributed by atoms with E-state index >= 15 is 0 Å². The average Bonchev–Trinajstić information content (AvgIpc) is 2.93. The fourth-order valence-electron chi connectivity index (χ4n) is 2.44. The minimum atomic E-state index is -0.215. The standard InChI is InChI=1S/C14H15BrClN3O/c1-14(6-2-3-7-17-14)13-18-12(19-20-13)9-4-5-11(16)10(15)8-9/h4-5,8,17H,2-3,6-7H2,1H3. The maximum atomic E-state index is 6.00. The highest BCUT2D eigenvalue weighted by Crippen LogP contribution is 2.31. The van der Waals surface area contributed by atoms with E-state index in [1.54, 1.807) is 0 Å². The van der Waals surface area contributed by atoms with Gasteiger partial charge in [0.15, 0.2) is 0 Å². The predicted molar refractivity (Wildman–Crippen MR) is 81.6 cm³/mol. The molecule has 1 unspecified atom stereocenters. The Labute approximate surface area is 131 Å². The maximum absolute atomic E-state index is 6.00. The Balaban J connectivity index is 1.91. The monoisotopic (exact) mass is 355 g/mol. The molecule has 1 fully saturated rings. The molecule has 2 aromatic rings. The van der Waals surface area contributed by atoms with Crippen LogP contribution in [0.4, 0.5) is 0 Å². The van der Waals surface area contributed by atoms with E-state index in [2.05, 4.69) is 38.3 Å². The smallest absolute Gasteiger partial charge is 0.246 e. The Bertz CT molecular complexity index is 623. The first-order valence-electron chi connectivity index (χ1n) is 6.63. The van der Waals surface area contributed by atoms with E-state index in [9.17, 15) is 0 Å². The number of halogens is 2. The lowest BCUT2D eigenvalue weighted by molar-refractivity contribution is 0.207. The zero-order valence-electron chi connectivity index (χ0n) is 11.1. The molecule has 1 aromatic carbocycles. The van der Waals surface area contributed by atoms with Gasteiger partial charge < -0.3 is 9.84 Å². The number of piperidine rings is 1. The van der Waals surface area contributed by atoms with Crippen LogP contribution in [0.15, 0.2) is 27.2 Å². The fraction of sp³-hybridized carbons (Fsp3) is 0.429. The van der Waals surface area contributed by atoms with Crippen LogP contribution in [0.2, 0.25) is 5.02 Å². The summed E-state index contributed by atoms with van der Waals surface area (Å²) in [5.74, 6) is 1.24. The van der Waals surface area contributed by atoms with Gasteiger partial charge in [0.2, 0.25) is 11.7 Å². The summed E-state index contributed by atoms with van der Waals surface area (Å²) in [6.07, 6.45) is 3.38. The molecular formula is C14H15BrClN3O. The minimum absolute atomic E-state index is 0.215. The SMILES string of the molecule is CC1(c2nc(-c3ccc(Cl)c(Br)c3)no2)CCCCN1. The van der Waals surface area contributed by atoms with Crippen LogP contribution in [-0.2, 0) is 5.54 Å². The lowest BCUT2D eigenvalue weighted by Crippen LogP contribution is -2.43. The Morgan fingerprint density at radius 3 is 2.95 bits per heavy atom. The third kappa shape index (κ3) is 2.62. The minimum Gasteiger partial charge on any atom is -0.337 e. The molecule has 4 nitrogen and oxygen atoms in total. The lowest BCUT2D eigenvalue weighted by Gasteiger charge is -2.31. The van der Waals surface area contributed by atoms with Crippen molar-refractivity contribution in [1.82, 2.24) is 15.5 Å². The number of hydrogen-bond acceptors (Lipinski definition) is 4. The van der Waals surface area contributed by atoms with E-state index in [4.69, 9.17) is 16.1 Å². The van der Waals surface area contributed by atoms with Gasteiger partial charge >= 0.3 is 0 Å². The first kappa shape index (κ1) is 14.0. The average molecular weight is 357 g/mol.